The highest BCUT2D eigenvalue weighted by Crippen LogP contribution is 2.20. The third-order valence-corrected chi connectivity index (χ3v) is 4.62. The molecule has 4 heterocycles. The van der Waals surface area contributed by atoms with E-state index < -0.39 is 0 Å². The third kappa shape index (κ3) is 4.17. The van der Waals surface area contributed by atoms with Crippen molar-refractivity contribution in [1.82, 2.24) is 29.4 Å². The zero-order valence-corrected chi connectivity index (χ0v) is 15.6. The molecule has 1 unspecified atom stereocenters. The van der Waals surface area contributed by atoms with Gasteiger partial charge in [-0.05, 0) is 26.6 Å². The number of rotatable bonds is 6. The van der Waals surface area contributed by atoms with E-state index in [1.165, 1.54) is 4.52 Å². The molecule has 0 aliphatic carbocycles. The minimum atomic E-state index is -0.0859. The number of hydrogen-bond donors (Lipinski definition) is 1. The summed E-state index contributed by atoms with van der Waals surface area (Å²) >= 11 is 0. The summed E-state index contributed by atoms with van der Waals surface area (Å²) in [6.07, 6.45) is 4.60. The average molecular weight is 368 g/mol. The first-order valence-corrected chi connectivity index (χ1v) is 9.11. The normalized spacial score (nSPS) is 17.8. The maximum atomic E-state index is 12.1. The van der Waals surface area contributed by atoms with Gasteiger partial charge in [-0.25, -0.2) is 9.50 Å². The lowest BCUT2D eigenvalue weighted by Crippen LogP contribution is -2.26. The molecule has 1 saturated heterocycles. The van der Waals surface area contributed by atoms with Crippen LogP contribution in [0.5, 0.6) is 5.75 Å². The van der Waals surface area contributed by atoms with Crippen LogP contribution in [0.1, 0.15) is 17.8 Å². The quantitative estimate of drug-likeness (QED) is 0.703. The lowest BCUT2D eigenvalue weighted by molar-refractivity contribution is 0.197. The van der Waals surface area contributed by atoms with Gasteiger partial charge < -0.3 is 9.64 Å². The third-order valence-electron chi connectivity index (χ3n) is 4.62. The smallest absolute Gasteiger partial charge is 0.272 e. The van der Waals surface area contributed by atoms with Crippen molar-refractivity contribution in [3.63, 3.8) is 0 Å². The Balaban J connectivity index is 1.38. The molecule has 0 radical (unpaired) electrons. The minimum Gasteiger partial charge on any atom is -0.489 e. The summed E-state index contributed by atoms with van der Waals surface area (Å²) in [5.74, 6) is 0.860. The number of likely N-dealkylation sites (tertiary alicyclic amines) is 1. The topological polar surface area (TPSA) is 78.8 Å². The Morgan fingerprint density at radius 1 is 1.30 bits per heavy atom. The summed E-state index contributed by atoms with van der Waals surface area (Å²) in [6, 6.07) is 7.30. The fourth-order valence-corrected chi connectivity index (χ4v) is 3.46. The van der Waals surface area contributed by atoms with E-state index in [1.807, 2.05) is 26.2 Å². The van der Waals surface area contributed by atoms with Crippen LogP contribution in [-0.4, -0.2) is 62.7 Å². The van der Waals surface area contributed by atoms with Crippen molar-refractivity contribution < 1.29 is 4.74 Å². The van der Waals surface area contributed by atoms with Crippen molar-refractivity contribution >= 4 is 5.65 Å². The van der Waals surface area contributed by atoms with Crippen molar-refractivity contribution in [1.29, 1.82) is 0 Å². The molecule has 0 spiro atoms. The molecule has 4 rings (SSSR count). The van der Waals surface area contributed by atoms with E-state index in [0.717, 1.165) is 43.2 Å². The number of nitrogens with one attached hydrogen (secondary N) is 1. The molecule has 0 aromatic carbocycles. The maximum Gasteiger partial charge on any atom is 0.272 e. The Bertz CT molecular complexity index is 979. The van der Waals surface area contributed by atoms with Crippen LogP contribution in [-0.2, 0) is 13.1 Å². The van der Waals surface area contributed by atoms with Crippen molar-refractivity contribution in [2.24, 2.45) is 0 Å². The molecule has 8 heteroatoms. The van der Waals surface area contributed by atoms with Gasteiger partial charge in [0, 0.05) is 56.8 Å². The van der Waals surface area contributed by atoms with E-state index in [9.17, 15) is 4.79 Å². The lowest BCUT2D eigenvalue weighted by atomic mass is 10.3. The van der Waals surface area contributed by atoms with Crippen molar-refractivity contribution in [2.75, 3.05) is 27.2 Å². The predicted octanol–water partition coefficient (Wildman–Crippen LogP) is 1.13. The Morgan fingerprint density at radius 2 is 2.19 bits per heavy atom. The van der Waals surface area contributed by atoms with Gasteiger partial charge >= 0.3 is 0 Å². The number of aromatic nitrogens is 4. The molecule has 3 aromatic heterocycles. The lowest BCUT2D eigenvalue weighted by Gasteiger charge is -2.17. The highest BCUT2D eigenvalue weighted by molar-refractivity contribution is 5.36. The Morgan fingerprint density at radius 3 is 3.04 bits per heavy atom. The second-order valence-corrected chi connectivity index (χ2v) is 7.23. The minimum absolute atomic E-state index is 0.0859. The largest absolute Gasteiger partial charge is 0.489 e. The van der Waals surface area contributed by atoms with Gasteiger partial charge in [-0.3, -0.25) is 19.8 Å². The molecule has 0 bridgehead atoms. The number of H-pyrrole nitrogens is 1. The van der Waals surface area contributed by atoms with E-state index in [2.05, 4.69) is 24.9 Å². The van der Waals surface area contributed by atoms with Crippen LogP contribution in [0.2, 0.25) is 0 Å². The van der Waals surface area contributed by atoms with Crippen LogP contribution in [0, 0.1) is 0 Å². The number of hydrogen-bond acceptors (Lipinski definition) is 6. The van der Waals surface area contributed by atoms with Crippen LogP contribution in [0.15, 0.2) is 41.5 Å². The number of fused-ring (bicyclic) bond motifs is 1. The second-order valence-electron chi connectivity index (χ2n) is 7.23. The van der Waals surface area contributed by atoms with Crippen LogP contribution in [0.4, 0.5) is 0 Å². The predicted molar refractivity (Wildman–Crippen MR) is 102 cm³/mol. The Labute approximate surface area is 157 Å². The molecule has 3 aromatic rings. The molecule has 142 valence electrons. The van der Waals surface area contributed by atoms with Crippen molar-refractivity contribution in [2.45, 2.75) is 25.6 Å². The van der Waals surface area contributed by atoms with Crippen molar-refractivity contribution in [3.8, 4) is 5.75 Å². The molecule has 8 nitrogen and oxygen atoms in total. The fourth-order valence-electron chi connectivity index (χ4n) is 3.46. The fraction of sp³-hybridized carbons (Fsp3) is 0.421. The highest BCUT2D eigenvalue weighted by atomic mass is 16.5. The Kier molecular flexibility index (Phi) is 4.91. The molecule has 0 amide bonds. The first-order chi connectivity index (χ1) is 13.1. The summed E-state index contributed by atoms with van der Waals surface area (Å²) < 4.78 is 7.59. The second kappa shape index (κ2) is 7.50. The molecule has 0 saturated carbocycles. The van der Waals surface area contributed by atoms with E-state index >= 15 is 0 Å². The molecule has 1 N–H and O–H groups in total. The monoisotopic (exact) mass is 368 g/mol. The first kappa shape index (κ1) is 17.7. The van der Waals surface area contributed by atoms with Gasteiger partial charge in [0.25, 0.3) is 5.56 Å². The molecule has 27 heavy (non-hydrogen) atoms. The molecule has 1 atom stereocenters. The molecule has 1 aliphatic heterocycles. The average Bonchev–Trinajstić information content (AvgIpc) is 3.24. The van der Waals surface area contributed by atoms with Gasteiger partial charge in [-0.2, -0.15) is 0 Å². The zero-order chi connectivity index (χ0) is 18.8. The number of nitrogens with zero attached hydrogens (tertiary/aromatic N) is 5. The number of ether oxygens (including phenoxy) is 1. The van der Waals surface area contributed by atoms with E-state index in [-0.39, 0.29) is 11.7 Å². The number of pyridine rings is 1. The summed E-state index contributed by atoms with van der Waals surface area (Å²) in [7, 11) is 4.05. The summed E-state index contributed by atoms with van der Waals surface area (Å²) in [5, 5.41) is 2.86. The van der Waals surface area contributed by atoms with Crippen LogP contribution < -0.4 is 10.3 Å². The van der Waals surface area contributed by atoms with Gasteiger partial charge in [0.05, 0.1) is 11.4 Å². The molecular formula is C19H24N6O2. The van der Waals surface area contributed by atoms with Gasteiger partial charge in [0.15, 0.2) is 5.65 Å². The van der Waals surface area contributed by atoms with Gasteiger partial charge in [-0.1, -0.05) is 0 Å². The van der Waals surface area contributed by atoms with Gasteiger partial charge in [0.2, 0.25) is 0 Å². The van der Waals surface area contributed by atoms with Gasteiger partial charge in [0.1, 0.15) is 11.9 Å². The number of aromatic amines is 1. The van der Waals surface area contributed by atoms with Gasteiger partial charge in [-0.15, -0.1) is 0 Å². The SMILES string of the molecule is CN(C)Cc1cc(OC2CCN(Cc3cc(=O)n4[nH]ccc4n3)C2)ccn1. The summed E-state index contributed by atoms with van der Waals surface area (Å²) in [4.78, 5) is 25.4. The highest BCUT2D eigenvalue weighted by Gasteiger charge is 2.24. The van der Waals surface area contributed by atoms with E-state index in [0.29, 0.717) is 12.2 Å². The summed E-state index contributed by atoms with van der Waals surface area (Å²) in [5.41, 5.74) is 2.35. The summed E-state index contributed by atoms with van der Waals surface area (Å²) in [6.45, 7) is 3.18. The van der Waals surface area contributed by atoms with E-state index in [4.69, 9.17) is 4.74 Å². The molecular weight excluding hydrogens is 344 g/mol. The van der Waals surface area contributed by atoms with Crippen LogP contribution in [0.25, 0.3) is 5.65 Å². The molecule has 1 fully saturated rings. The Hall–Kier alpha value is -2.71. The van der Waals surface area contributed by atoms with Crippen molar-refractivity contribution in [3.05, 3.63) is 58.4 Å². The molecule has 1 aliphatic rings. The zero-order valence-electron chi connectivity index (χ0n) is 15.6. The van der Waals surface area contributed by atoms with Crippen LogP contribution in [0.3, 0.4) is 0 Å². The maximum absolute atomic E-state index is 12.1. The van der Waals surface area contributed by atoms with Crippen LogP contribution >= 0.6 is 0 Å². The standard InChI is InChI=1S/C19H24N6O2/c1-23(2)11-14-9-16(3-6-20-14)27-17-5-8-24(13-17)12-15-10-19(26)25-18(22-15)4-7-21-25/h3-4,6-7,9-10,17,21H,5,8,11-13H2,1-2H3. The van der Waals surface area contributed by atoms with E-state index in [1.54, 1.807) is 24.5 Å². The first-order valence-electron chi connectivity index (χ1n) is 9.11.